The van der Waals surface area contributed by atoms with E-state index in [-0.39, 0.29) is 5.91 Å². The fourth-order valence-corrected chi connectivity index (χ4v) is 3.03. The van der Waals surface area contributed by atoms with Crippen LogP contribution in [0.4, 0.5) is 5.69 Å². The second-order valence-electron chi connectivity index (χ2n) is 6.13. The molecule has 0 unspecified atom stereocenters. The first-order chi connectivity index (χ1) is 11.8. The molecule has 0 bridgehead atoms. The molecule has 1 aliphatic rings. The minimum absolute atomic E-state index is 0.0889. The number of benzene rings is 2. The lowest BCUT2D eigenvalue weighted by Crippen LogP contribution is -2.29. The third kappa shape index (κ3) is 4.07. The van der Waals surface area contributed by atoms with Crippen molar-refractivity contribution in [3.05, 3.63) is 59.7 Å². The van der Waals surface area contributed by atoms with Gasteiger partial charge in [-0.15, -0.1) is 0 Å². The maximum Gasteiger partial charge on any atom is 0.251 e. The summed E-state index contributed by atoms with van der Waals surface area (Å²) in [5.41, 5.74) is 2.99. The van der Waals surface area contributed by atoms with Gasteiger partial charge in [0.25, 0.3) is 5.91 Å². The molecule has 3 rings (SSSR count). The Morgan fingerprint density at radius 3 is 2.54 bits per heavy atom. The van der Waals surface area contributed by atoms with Crippen molar-refractivity contribution >= 4 is 11.6 Å². The Kier molecular flexibility index (Phi) is 5.36. The van der Waals surface area contributed by atoms with Crippen molar-refractivity contribution in [2.24, 2.45) is 0 Å². The molecule has 0 spiro atoms. The Labute approximate surface area is 143 Å². The van der Waals surface area contributed by atoms with E-state index in [4.69, 9.17) is 4.74 Å². The highest BCUT2D eigenvalue weighted by molar-refractivity contribution is 5.94. The highest BCUT2D eigenvalue weighted by atomic mass is 16.5. The number of rotatable bonds is 5. The average Bonchev–Trinajstić information content (AvgIpc) is 2.67. The van der Waals surface area contributed by atoms with Gasteiger partial charge >= 0.3 is 0 Å². The van der Waals surface area contributed by atoms with Crippen LogP contribution in [0.15, 0.2) is 48.5 Å². The summed E-state index contributed by atoms with van der Waals surface area (Å²) in [6.45, 7) is 2.81. The van der Waals surface area contributed by atoms with E-state index in [0.29, 0.717) is 17.9 Å². The molecule has 4 heteroatoms. The van der Waals surface area contributed by atoms with Crippen LogP contribution in [0.25, 0.3) is 0 Å². The standard InChI is InChI=1S/C20H24N2O2/c1-24-19-7-5-6-17(14-19)20(23)21-15-16-8-10-18(11-9-16)22-12-3-2-4-13-22/h5-11,14H,2-4,12-13,15H2,1H3,(H,21,23). The smallest absolute Gasteiger partial charge is 0.251 e. The number of piperidine rings is 1. The van der Waals surface area contributed by atoms with Crippen LogP contribution in [0.1, 0.15) is 35.2 Å². The first kappa shape index (κ1) is 16.4. The summed E-state index contributed by atoms with van der Waals surface area (Å²) >= 11 is 0. The molecule has 0 radical (unpaired) electrons. The first-order valence-corrected chi connectivity index (χ1v) is 8.52. The van der Waals surface area contributed by atoms with Gasteiger partial charge in [0.15, 0.2) is 0 Å². The summed E-state index contributed by atoms with van der Waals surface area (Å²) in [6, 6.07) is 15.7. The monoisotopic (exact) mass is 324 g/mol. The Balaban J connectivity index is 1.56. The molecule has 0 aliphatic carbocycles. The largest absolute Gasteiger partial charge is 0.497 e. The number of hydrogen-bond acceptors (Lipinski definition) is 3. The van der Waals surface area contributed by atoms with E-state index in [0.717, 1.165) is 18.7 Å². The summed E-state index contributed by atoms with van der Waals surface area (Å²) in [4.78, 5) is 14.7. The SMILES string of the molecule is COc1cccc(C(=O)NCc2ccc(N3CCCCC3)cc2)c1. The molecule has 1 heterocycles. The second-order valence-corrected chi connectivity index (χ2v) is 6.13. The van der Waals surface area contributed by atoms with Crippen LogP contribution in [0.2, 0.25) is 0 Å². The topological polar surface area (TPSA) is 41.6 Å². The summed E-state index contributed by atoms with van der Waals surface area (Å²) in [6.07, 6.45) is 3.89. The van der Waals surface area contributed by atoms with Crippen molar-refractivity contribution in [1.82, 2.24) is 5.32 Å². The molecule has 2 aromatic carbocycles. The normalized spacial score (nSPS) is 14.3. The van der Waals surface area contributed by atoms with Gasteiger partial charge < -0.3 is 15.0 Å². The Morgan fingerprint density at radius 2 is 1.83 bits per heavy atom. The molecular weight excluding hydrogens is 300 g/mol. The van der Waals surface area contributed by atoms with Gasteiger partial charge in [0, 0.05) is 30.9 Å². The van der Waals surface area contributed by atoms with E-state index >= 15 is 0 Å². The zero-order valence-electron chi connectivity index (χ0n) is 14.1. The number of amides is 1. The van der Waals surface area contributed by atoms with Gasteiger partial charge in [0.2, 0.25) is 0 Å². The lowest BCUT2D eigenvalue weighted by Gasteiger charge is -2.28. The van der Waals surface area contributed by atoms with Gasteiger partial charge in [-0.25, -0.2) is 0 Å². The molecule has 126 valence electrons. The maximum absolute atomic E-state index is 12.2. The Morgan fingerprint density at radius 1 is 1.08 bits per heavy atom. The van der Waals surface area contributed by atoms with E-state index < -0.39 is 0 Å². The number of anilines is 1. The number of hydrogen-bond donors (Lipinski definition) is 1. The van der Waals surface area contributed by atoms with Crippen molar-refractivity contribution in [1.29, 1.82) is 0 Å². The molecule has 0 atom stereocenters. The van der Waals surface area contributed by atoms with Crippen molar-refractivity contribution in [3.63, 3.8) is 0 Å². The Hall–Kier alpha value is -2.49. The quantitative estimate of drug-likeness (QED) is 0.913. The predicted molar refractivity (Wildman–Crippen MR) is 96.7 cm³/mol. The van der Waals surface area contributed by atoms with Crippen LogP contribution >= 0.6 is 0 Å². The van der Waals surface area contributed by atoms with Crippen molar-refractivity contribution in [3.8, 4) is 5.75 Å². The van der Waals surface area contributed by atoms with Gasteiger partial charge in [-0.1, -0.05) is 18.2 Å². The minimum Gasteiger partial charge on any atom is -0.497 e. The maximum atomic E-state index is 12.2. The van der Waals surface area contributed by atoms with Crippen LogP contribution in [0.5, 0.6) is 5.75 Å². The molecule has 2 aromatic rings. The highest BCUT2D eigenvalue weighted by Crippen LogP contribution is 2.20. The van der Waals surface area contributed by atoms with Crippen molar-refractivity contribution < 1.29 is 9.53 Å². The van der Waals surface area contributed by atoms with Crippen molar-refractivity contribution in [2.45, 2.75) is 25.8 Å². The lowest BCUT2D eigenvalue weighted by atomic mass is 10.1. The molecule has 1 fully saturated rings. The molecule has 1 N–H and O–H groups in total. The zero-order chi connectivity index (χ0) is 16.8. The fourth-order valence-electron chi connectivity index (χ4n) is 3.03. The lowest BCUT2D eigenvalue weighted by molar-refractivity contribution is 0.0950. The summed E-state index contributed by atoms with van der Waals surface area (Å²) in [5.74, 6) is 0.600. The number of carbonyl (C=O) groups is 1. The molecule has 0 aromatic heterocycles. The predicted octanol–water partition coefficient (Wildman–Crippen LogP) is 3.62. The molecular formula is C20H24N2O2. The summed E-state index contributed by atoms with van der Waals surface area (Å²) < 4.78 is 5.15. The van der Waals surface area contributed by atoms with Crippen LogP contribution in [-0.2, 0) is 6.54 Å². The average molecular weight is 324 g/mol. The number of nitrogens with one attached hydrogen (secondary N) is 1. The van der Waals surface area contributed by atoms with Gasteiger partial charge in [0.05, 0.1) is 7.11 Å². The molecule has 1 saturated heterocycles. The van der Waals surface area contributed by atoms with Crippen LogP contribution in [0.3, 0.4) is 0 Å². The summed E-state index contributed by atoms with van der Waals surface area (Å²) in [5, 5.41) is 2.96. The molecule has 1 aliphatic heterocycles. The van der Waals surface area contributed by atoms with E-state index in [2.05, 4.69) is 34.5 Å². The van der Waals surface area contributed by atoms with E-state index in [1.54, 1.807) is 19.2 Å². The van der Waals surface area contributed by atoms with E-state index in [1.165, 1.54) is 24.9 Å². The number of methoxy groups -OCH3 is 1. The molecule has 0 saturated carbocycles. The first-order valence-electron chi connectivity index (χ1n) is 8.52. The van der Waals surface area contributed by atoms with Crippen LogP contribution < -0.4 is 15.0 Å². The van der Waals surface area contributed by atoms with Crippen LogP contribution in [-0.4, -0.2) is 26.1 Å². The number of ether oxygens (including phenoxy) is 1. The third-order valence-corrected chi connectivity index (χ3v) is 4.44. The molecule has 1 amide bonds. The van der Waals surface area contributed by atoms with Crippen LogP contribution in [0, 0.1) is 0 Å². The highest BCUT2D eigenvalue weighted by Gasteiger charge is 2.11. The van der Waals surface area contributed by atoms with Gasteiger partial charge in [-0.2, -0.15) is 0 Å². The van der Waals surface area contributed by atoms with Gasteiger partial charge in [-0.05, 0) is 55.2 Å². The molecule has 4 nitrogen and oxygen atoms in total. The molecule has 24 heavy (non-hydrogen) atoms. The zero-order valence-corrected chi connectivity index (χ0v) is 14.1. The Bertz CT molecular complexity index is 676. The second kappa shape index (κ2) is 7.86. The van der Waals surface area contributed by atoms with Crippen molar-refractivity contribution in [2.75, 3.05) is 25.1 Å². The summed E-state index contributed by atoms with van der Waals surface area (Å²) in [7, 11) is 1.60. The number of nitrogens with zero attached hydrogens (tertiary/aromatic N) is 1. The van der Waals surface area contributed by atoms with Gasteiger partial charge in [-0.3, -0.25) is 4.79 Å². The van der Waals surface area contributed by atoms with E-state index in [9.17, 15) is 4.79 Å². The minimum atomic E-state index is -0.0889. The fraction of sp³-hybridized carbons (Fsp3) is 0.350. The van der Waals surface area contributed by atoms with Gasteiger partial charge in [0.1, 0.15) is 5.75 Å². The third-order valence-electron chi connectivity index (χ3n) is 4.44. The van der Waals surface area contributed by atoms with E-state index in [1.807, 2.05) is 12.1 Å². The number of carbonyl (C=O) groups excluding carboxylic acids is 1.